The minimum absolute atomic E-state index is 0.0672. The van der Waals surface area contributed by atoms with Crippen LogP contribution in [0.1, 0.15) is 36.5 Å². The van der Waals surface area contributed by atoms with Crippen LogP contribution in [0.5, 0.6) is 0 Å². The van der Waals surface area contributed by atoms with Crippen molar-refractivity contribution in [1.29, 1.82) is 0 Å². The summed E-state index contributed by atoms with van der Waals surface area (Å²) in [5, 5.41) is 3.59. The smallest absolute Gasteiger partial charge is 0.259 e. The molecule has 0 spiro atoms. The third kappa shape index (κ3) is 5.02. The van der Waals surface area contributed by atoms with Gasteiger partial charge in [-0.15, -0.1) is 23.1 Å². The van der Waals surface area contributed by atoms with Gasteiger partial charge in [0.05, 0.1) is 16.9 Å². The van der Waals surface area contributed by atoms with Gasteiger partial charge < -0.3 is 10.3 Å². The number of carbonyl (C=O) groups excluding carboxylic acids is 1. The molecular weight excluding hydrogens is 390 g/mol. The van der Waals surface area contributed by atoms with Crippen LogP contribution >= 0.6 is 23.1 Å². The maximum Gasteiger partial charge on any atom is 0.259 e. The summed E-state index contributed by atoms with van der Waals surface area (Å²) in [4.78, 5) is 34.2. The zero-order valence-electron chi connectivity index (χ0n) is 16.4. The Bertz CT molecular complexity index is 1010. The van der Waals surface area contributed by atoms with Gasteiger partial charge in [-0.1, -0.05) is 38.5 Å². The van der Waals surface area contributed by atoms with Crippen molar-refractivity contribution in [2.45, 2.75) is 39.4 Å². The number of aryl methyl sites for hydroxylation is 1. The Morgan fingerprint density at radius 1 is 1.32 bits per heavy atom. The third-order valence-electron chi connectivity index (χ3n) is 4.69. The maximum atomic E-state index is 12.7. The van der Waals surface area contributed by atoms with E-state index in [-0.39, 0.29) is 11.5 Å². The Morgan fingerprint density at radius 3 is 2.79 bits per heavy atom. The molecule has 0 aliphatic carbocycles. The number of thioether (sulfide) groups is 1. The number of aromatic nitrogens is 2. The van der Waals surface area contributed by atoms with Gasteiger partial charge in [-0.25, -0.2) is 4.98 Å². The van der Waals surface area contributed by atoms with E-state index in [9.17, 15) is 9.59 Å². The first-order chi connectivity index (χ1) is 13.5. The molecule has 0 aliphatic heterocycles. The lowest BCUT2D eigenvalue weighted by Crippen LogP contribution is -2.15. The van der Waals surface area contributed by atoms with Gasteiger partial charge >= 0.3 is 0 Å². The fourth-order valence-corrected chi connectivity index (χ4v) is 4.75. The number of aromatic amines is 1. The maximum absolute atomic E-state index is 12.7. The van der Waals surface area contributed by atoms with Crippen molar-refractivity contribution in [2.24, 2.45) is 5.92 Å². The summed E-state index contributed by atoms with van der Waals surface area (Å²) in [6.45, 7) is 6.43. The van der Waals surface area contributed by atoms with Crippen LogP contribution in [0.2, 0.25) is 0 Å². The van der Waals surface area contributed by atoms with Crippen molar-refractivity contribution in [2.75, 3.05) is 11.1 Å². The number of H-pyrrole nitrogens is 1. The molecule has 1 amide bonds. The molecule has 3 aromatic rings. The first kappa shape index (κ1) is 20.6. The van der Waals surface area contributed by atoms with Crippen molar-refractivity contribution >= 4 is 44.9 Å². The molecule has 2 aromatic heterocycles. The topological polar surface area (TPSA) is 74.8 Å². The van der Waals surface area contributed by atoms with E-state index in [2.05, 4.69) is 36.1 Å². The summed E-state index contributed by atoms with van der Waals surface area (Å²) in [7, 11) is 0. The van der Waals surface area contributed by atoms with Crippen LogP contribution in [0.15, 0.2) is 35.1 Å². The molecule has 28 heavy (non-hydrogen) atoms. The minimum atomic E-state index is -0.0722. The number of nitrogens with zero attached hydrogens (tertiary/aromatic N) is 1. The standard InChI is InChI=1S/C21H25N3O2S2/c1-4-13(2)10-16-14(3)28-21-19(16)20(26)23-17(24-21)11-27-12-18(25)22-15-8-6-5-7-9-15/h5-9,13H,4,10-12H2,1-3H3,(H,22,25)(H,23,24,26)/t13-/m0/s1. The lowest BCUT2D eigenvalue weighted by atomic mass is 9.98. The second-order valence-corrected chi connectivity index (χ2v) is 9.14. The molecule has 0 saturated carbocycles. The third-order valence-corrected chi connectivity index (χ3v) is 6.68. The number of thiophene rings is 1. The summed E-state index contributed by atoms with van der Waals surface area (Å²) in [6.07, 6.45) is 1.99. The first-order valence-corrected chi connectivity index (χ1v) is 11.4. The van der Waals surface area contributed by atoms with Crippen LogP contribution in [-0.2, 0) is 17.0 Å². The Labute approximate surface area is 173 Å². The normalized spacial score (nSPS) is 12.2. The Hall–Kier alpha value is -2.12. The van der Waals surface area contributed by atoms with Crippen LogP contribution < -0.4 is 10.9 Å². The van der Waals surface area contributed by atoms with Crippen molar-refractivity contribution < 1.29 is 4.79 Å². The molecule has 7 heteroatoms. The van der Waals surface area contributed by atoms with Gasteiger partial charge in [-0.05, 0) is 37.0 Å². The molecular formula is C21H25N3O2S2. The van der Waals surface area contributed by atoms with E-state index >= 15 is 0 Å². The van der Waals surface area contributed by atoms with Crippen LogP contribution in [0.4, 0.5) is 5.69 Å². The minimum Gasteiger partial charge on any atom is -0.325 e. The van der Waals surface area contributed by atoms with E-state index in [0.717, 1.165) is 34.3 Å². The zero-order chi connectivity index (χ0) is 20.1. The van der Waals surface area contributed by atoms with Gasteiger partial charge in [0.15, 0.2) is 0 Å². The lowest BCUT2D eigenvalue weighted by molar-refractivity contribution is -0.113. The molecule has 0 fully saturated rings. The van der Waals surface area contributed by atoms with Gasteiger partial charge in [0.2, 0.25) is 5.91 Å². The molecule has 5 nitrogen and oxygen atoms in total. The summed E-state index contributed by atoms with van der Waals surface area (Å²) < 4.78 is 0. The van der Waals surface area contributed by atoms with E-state index in [1.54, 1.807) is 11.3 Å². The van der Waals surface area contributed by atoms with Crippen molar-refractivity contribution in [3.63, 3.8) is 0 Å². The molecule has 0 unspecified atom stereocenters. The average Bonchev–Trinajstić information content (AvgIpc) is 2.98. The molecule has 0 radical (unpaired) electrons. The number of nitrogens with one attached hydrogen (secondary N) is 2. The molecule has 2 heterocycles. The lowest BCUT2D eigenvalue weighted by Gasteiger charge is -2.08. The van der Waals surface area contributed by atoms with Gasteiger partial charge in [0.25, 0.3) is 5.56 Å². The Balaban J connectivity index is 1.66. The van der Waals surface area contributed by atoms with E-state index < -0.39 is 0 Å². The highest BCUT2D eigenvalue weighted by molar-refractivity contribution is 7.99. The molecule has 1 aromatic carbocycles. The number of hydrogen-bond donors (Lipinski definition) is 2. The number of hydrogen-bond acceptors (Lipinski definition) is 5. The predicted octanol–water partition coefficient (Wildman–Crippen LogP) is 4.75. The average molecular weight is 416 g/mol. The Kier molecular flexibility index (Phi) is 6.91. The van der Waals surface area contributed by atoms with Crippen LogP contribution in [0, 0.1) is 12.8 Å². The SMILES string of the molecule is CC[C@H](C)Cc1c(C)sc2nc(CSCC(=O)Nc3ccccc3)[nH]c(=O)c12. The molecule has 2 N–H and O–H groups in total. The van der Waals surface area contributed by atoms with Crippen molar-refractivity contribution in [1.82, 2.24) is 9.97 Å². The van der Waals surface area contributed by atoms with Gasteiger partial charge in [0.1, 0.15) is 10.7 Å². The Morgan fingerprint density at radius 2 is 2.07 bits per heavy atom. The highest BCUT2D eigenvalue weighted by atomic mass is 32.2. The quantitative estimate of drug-likeness (QED) is 0.556. The molecule has 0 saturated heterocycles. The second kappa shape index (κ2) is 9.39. The van der Waals surface area contributed by atoms with Gasteiger partial charge in [-0.2, -0.15) is 0 Å². The molecule has 0 bridgehead atoms. The van der Waals surface area contributed by atoms with Gasteiger partial charge in [0, 0.05) is 10.6 Å². The molecule has 1 atom stereocenters. The number of carbonyl (C=O) groups is 1. The second-order valence-electron chi connectivity index (χ2n) is 6.95. The summed E-state index contributed by atoms with van der Waals surface area (Å²) >= 11 is 3.02. The first-order valence-electron chi connectivity index (χ1n) is 9.41. The highest BCUT2D eigenvalue weighted by Crippen LogP contribution is 2.29. The fourth-order valence-electron chi connectivity index (χ4n) is 2.99. The predicted molar refractivity (Wildman–Crippen MR) is 119 cm³/mol. The summed E-state index contributed by atoms with van der Waals surface area (Å²) in [6, 6.07) is 9.37. The summed E-state index contributed by atoms with van der Waals surface area (Å²) in [5.74, 6) is 1.88. The molecule has 148 valence electrons. The zero-order valence-corrected chi connectivity index (χ0v) is 18.0. The van der Waals surface area contributed by atoms with E-state index in [4.69, 9.17) is 0 Å². The number of rotatable bonds is 8. The largest absolute Gasteiger partial charge is 0.325 e. The van der Waals surface area contributed by atoms with Crippen molar-refractivity contribution in [3.05, 3.63) is 57.0 Å². The monoisotopic (exact) mass is 415 g/mol. The molecule has 0 aliphatic rings. The number of benzene rings is 1. The van der Waals surface area contributed by atoms with Crippen LogP contribution in [0.25, 0.3) is 10.2 Å². The van der Waals surface area contributed by atoms with Crippen LogP contribution in [-0.4, -0.2) is 21.6 Å². The van der Waals surface area contributed by atoms with Crippen molar-refractivity contribution in [3.8, 4) is 0 Å². The number of para-hydroxylation sites is 1. The highest BCUT2D eigenvalue weighted by Gasteiger charge is 2.17. The fraction of sp³-hybridized carbons (Fsp3) is 0.381. The van der Waals surface area contributed by atoms with Crippen LogP contribution in [0.3, 0.4) is 0 Å². The summed E-state index contributed by atoms with van der Waals surface area (Å²) in [5.41, 5.74) is 1.84. The van der Waals surface area contributed by atoms with E-state index in [1.807, 2.05) is 30.3 Å². The van der Waals surface area contributed by atoms with Gasteiger partial charge in [-0.3, -0.25) is 9.59 Å². The van der Waals surface area contributed by atoms with E-state index in [0.29, 0.717) is 23.2 Å². The molecule has 3 rings (SSSR count). The van der Waals surface area contributed by atoms with E-state index in [1.165, 1.54) is 16.6 Å². The number of amides is 1. The number of anilines is 1. The number of fused-ring (bicyclic) bond motifs is 1.